The van der Waals surface area contributed by atoms with Gasteiger partial charge in [0.1, 0.15) is 6.54 Å². The molecule has 0 unspecified atom stereocenters. The predicted octanol–water partition coefficient (Wildman–Crippen LogP) is -1.88. The summed E-state index contributed by atoms with van der Waals surface area (Å²) < 4.78 is 0. The Morgan fingerprint density at radius 2 is 2.00 bits per heavy atom. The van der Waals surface area contributed by atoms with Gasteiger partial charge < -0.3 is 10.0 Å². The van der Waals surface area contributed by atoms with Gasteiger partial charge in [0.05, 0.1) is 20.7 Å². The Morgan fingerprint density at radius 1 is 1.50 bits per heavy atom. The molecule has 38 valence electrons. The fraction of sp³-hybridized carbons (Fsp3) is 1.00. The molecule has 0 bridgehead atoms. The van der Waals surface area contributed by atoms with Gasteiger partial charge in [0.25, 0.3) is 0 Å². The van der Waals surface area contributed by atoms with Gasteiger partial charge in [-0.15, -0.1) is 0 Å². The molecule has 0 aliphatic carbocycles. The maximum atomic E-state index is 8.22. The van der Waals surface area contributed by atoms with E-state index in [-0.39, 0.29) is 0 Å². The lowest BCUT2D eigenvalue weighted by molar-refractivity contribution is -0.858. The van der Waals surface area contributed by atoms with Crippen LogP contribution in [0.4, 0.5) is 0 Å². The number of nitrogens with one attached hydrogen (secondary N) is 1. The van der Waals surface area contributed by atoms with Crippen molar-refractivity contribution in [2.24, 2.45) is 0 Å². The predicted molar refractivity (Wildman–Crippen MR) is 24.8 cm³/mol. The second-order valence-electron chi connectivity index (χ2n) is 1.68. The normalized spacial score (nSPS) is 10.0. The summed E-state index contributed by atoms with van der Waals surface area (Å²) in [7, 11) is 4.02. The maximum Gasteiger partial charge on any atom is 0.100 e. The fourth-order valence-corrected chi connectivity index (χ4v) is 0.224. The molecule has 0 heterocycles. The number of rotatable bonds is 2. The van der Waals surface area contributed by atoms with Crippen molar-refractivity contribution in [2.75, 3.05) is 27.2 Å². The maximum absolute atomic E-state index is 8.22. The highest BCUT2D eigenvalue weighted by Gasteiger charge is 1.84. The van der Waals surface area contributed by atoms with Crippen molar-refractivity contribution >= 4 is 0 Å². The summed E-state index contributed by atoms with van der Waals surface area (Å²) >= 11 is 0. The van der Waals surface area contributed by atoms with Crippen molar-refractivity contribution in [2.45, 2.75) is 0 Å². The largest absolute Gasteiger partial charge is 0.391 e. The number of quaternary nitrogens is 1. The van der Waals surface area contributed by atoms with E-state index in [4.69, 9.17) is 5.11 Å². The van der Waals surface area contributed by atoms with E-state index < -0.39 is 0 Å². The molecular weight excluding hydrogens is 81.0 g/mol. The first-order chi connectivity index (χ1) is 2.77. The van der Waals surface area contributed by atoms with Crippen LogP contribution in [0.15, 0.2) is 0 Å². The van der Waals surface area contributed by atoms with Crippen molar-refractivity contribution in [3.8, 4) is 0 Å². The van der Waals surface area contributed by atoms with E-state index in [1.165, 1.54) is 4.90 Å². The molecule has 0 amide bonds. The molecule has 0 aromatic carbocycles. The van der Waals surface area contributed by atoms with Crippen LogP contribution in [-0.4, -0.2) is 32.4 Å². The van der Waals surface area contributed by atoms with E-state index in [1.54, 1.807) is 0 Å². The number of aliphatic hydroxyl groups excluding tert-OH is 1. The third-order valence-corrected chi connectivity index (χ3v) is 0.612. The number of hydrogen-bond donors (Lipinski definition) is 2. The Balaban J connectivity index is 2.63. The highest BCUT2D eigenvalue weighted by molar-refractivity contribution is 4.10. The summed E-state index contributed by atoms with van der Waals surface area (Å²) in [5, 5.41) is 8.22. The zero-order valence-electron chi connectivity index (χ0n) is 4.36. The van der Waals surface area contributed by atoms with Gasteiger partial charge in [-0.25, -0.2) is 0 Å². The van der Waals surface area contributed by atoms with Gasteiger partial charge in [0.2, 0.25) is 0 Å². The molecule has 0 atom stereocenters. The third kappa shape index (κ3) is 3.92. The second-order valence-corrected chi connectivity index (χ2v) is 1.68. The second kappa shape index (κ2) is 3.12. The minimum atomic E-state index is 0.294. The van der Waals surface area contributed by atoms with Crippen LogP contribution in [0.25, 0.3) is 0 Å². The average molecular weight is 93.1 g/mol. The standard InChI is InChI=1S/C4H11NO/c1-5(2)3-4-6/h6H,3-4H2,1-2H3/p+1/i1+1,2+1,5+1. The molecule has 0 spiro atoms. The van der Waals surface area contributed by atoms with Crippen LogP contribution in [0, 0.1) is 0 Å². The van der Waals surface area contributed by atoms with Crippen LogP contribution in [0.2, 0.25) is 0 Å². The van der Waals surface area contributed by atoms with E-state index in [9.17, 15) is 0 Å². The lowest BCUT2D eigenvalue weighted by Crippen LogP contribution is -3.06. The lowest BCUT2D eigenvalue weighted by atomic mass is 10.8. The zero-order valence-corrected chi connectivity index (χ0v) is 4.36. The Kier molecular flexibility index (Phi) is 3.08. The highest BCUT2D eigenvalue weighted by atomic mass is 16.3. The number of hydrogen-bond acceptors (Lipinski definition) is 1. The molecule has 2 heteroatoms. The Bertz CT molecular complexity index is 28.7. The summed E-state index contributed by atoms with van der Waals surface area (Å²) in [6.45, 7) is 1.14. The van der Waals surface area contributed by atoms with E-state index >= 15 is 0 Å². The fourth-order valence-electron chi connectivity index (χ4n) is 0.224. The smallest absolute Gasteiger partial charge is 0.100 e. The van der Waals surface area contributed by atoms with Crippen molar-refractivity contribution in [3.63, 3.8) is 0 Å². The number of likely N-dealkylation sites (N-methyl/N-ethyl adjacent to an activating group) is 1. The van der Waals surface area contributed by atoms with E-state index in [2.05, 4.69) is 0 Å². The van der Waals surface area contributed by atoms with Crippen LogP contribution < -0.4 is 4.90 Å². The van der Waals surface area contributed by atoms with Crippen molar-refractivity contribution < 1.29 is 10.0 Å². The quantitative estimate of drug-likeness (QED) is 0.303. The molecule has 0 aliphatic heterocycles. The van der Waals surface area contributed by atoms with Crippen molar-refractivity contribution in [3.05, 3.63) is 0 Å². The minimum absolute atomic E-state index is 0.294. The molecule has 6 heavy (non-hydrogen) atoms. The minimum Gasteiger partial charge on any atom is -0.391 e. The average Bonchev–Trinajstić information content (AvgIpc) is 1.35. The third-order valence-electron chi connectivity index (χ3n) is 0.612. The molecule has 0 fully saturated rings. The molecule has 2 nitrogen and oxygen atoms in total. The van der Waals surface area contributed by atoms with Gasteiger partial charge in [0.15, 0.2) is 0 Å². The summed E-state index contributed by atoms with van der Waals surface area (Å²) in [5.74, 6) is 0. The van der Waals surface area contributed by atoms with Gasteiger partial charge in [-0.2, -0.15) is 0 Å². The molecule has 0 aromatic rings. The Morgan fingerprint density at radius 3 is 2.00 bits per heavy atom. The first-order valence-electron chi connectivity index (χ1n) is 2.17. The van der Waals surface area contributed by atoms with Gasteiger partial charge in [-0.05, 0) is 0 Å². The molecular formula is C4H12NO+. The summed E-state index contributed by atoms with van der Waals surface area (Å²) in [5.41, 5.74) is 0. The summed E-state index contributed by atoms with van der Waals surface area (Å²) in [4.78, 5) is 1.29. The van der Waals surface area contributed by atoms with Crippen LogP contribution >= 0.6 is 0 Å². The lowest BCUT2D eigenvalue weighted by Gasteiger charge is -2.00. The van der Waals surface area contributed by atoms with Crippen LogP contribution in [-0.2, 0) is 0 Å². The van der Waals surface area contributed by atoms with Crippen molar-refractivity contribution in [1.29, 1.82) is 0 Å². The molecule has 0 saturated carbocycles. The summed E-state index contributed by atoms with van der Waals surface area (Å²) in [6, 6.07) is 0. The first kappa shape index (κ1) is 5.92. The molecule has 0 aliphatic rings. The molecule has 0 rings (SSSR count). The van der Waals surface area contributed by atoms with E-state index in [1.807, 2.05) is 14.1 Å². The Hall–Kier alpha value is -0.0800. The van der Waals surface area contributed by atoms with E-state index in [0.29, 0.717) is 6.61 Å². The summed E-state index contributed by atoms with van der Waals surface area (Å²) in [6.07, 6.45) is 0. The van der Waals surface area contributed by atoms with E-state index in [0.717, 1.165) is 6.54 Å². The van der Waals surface area contributed by atoms with Crippen molar-refractivity contribution in [1.82, 2.24) is 0 Å². The first-order valence-corrected chi connectivity index (χ1v) is 2.17. The van der Waals surface area contributed by atoms with Crippen LogP contribution in [0.1, 0.15) is 0 Å². The van der Waals surface area contributed by atoms with Gasteiger partial charge in [-0.3, -0.25) is 0 Å². The Labute approximate surface area is 38.4 Å². The highest BCUT2D eigenvalue weighted by Crippen LogP contribution is 1.35. The molecule has 0 radical (unpaired) electrons. The SMILES string of the molecule is [13CH3][15NH+]([13CH3])CCO. The van der Waals surface area contributed by atoms with Gasteiger partial charge in [0, 0.05) is 0 Å². The van der Waals surface area contributed by atoms with Crippen LogP contribution in [0.3, 0.4) is 0 Å². The zero-order chi connectivity index (χ0) is 4.99. The van der Waals surface area contributed by atoms with Gasteiger partial charge in [-0.1, -0.05) is 0 Å². The van der Waals surface area contributed by atoms with Crippen LogP contribution in [0.5, 0.6) is 0 Å². The molecule has 0 aromatic heterocycles. The monoisotopic (exact) mass is 93.1 g/mol. The number of aliphatic hydroxyl groups is 1. The van der Waals surface area contributed by atoms with Gasteiger partial charge >= 0.3 is 0 Å². The molecule has 0 saturated heterocycles. The topological polar surface area (TPSA) is 24.7 Å². The molecule has 2 N–H and O–H groups in total.